The van der Waals surface area contributed by atoms with Crippen LogP contribution < -0.4 is 0 Å². The lowest BCUT2D eigenvalue weighted by molar-refractivity contribution is 0.0297. The Kier molecular flexibility index (Phi) is 4.50. The Hall–Kier alpha value is -0.930. The van der Waals surface area contributed by atoms with E-state index in [1.165, 1.54) is 5.92 Å². The van der Waals surface area contributed by atoms with E-state index in [1.807, 2.05) is 32.9 Å². The lowest BCUT2D eigenvalue weighted by atomic mass is 9.99. The smallest absolute Gasteiger partial charge is 0.410 e. The molecule has 0 N–H and O–H groups in total. The van der Waals surface area contributed by atoms with Crippen molar-refractivity contribution in [1.82, 2.24) is 4.90 Å². The molecule has 1 fully saturated rings. The van der Waals surface area contributed by atoms with Crippen LogP contribution in [0.3, 0.4) is 0 Å². The second-order valence-corrected chi connectivity index (χ2v) is 6.70. The number of ether oxygens (including phenoxy) is 1. The molecule has 5 heteroatoms. The summed E-state index contributed by atoms with van der Waals surface area (Å²) in [6.07, 6.45) is 0.560. The molecule has 0 atom stereocenters. The Bertz CT molecular complexity index is 511. The molecule has 3 nitrogen and oxygen atoms in total. The summed E-state index contributed by atoms with van der Waals surface area (Å²) in [4.78, 5) is 13.7. The van der Waals surface area contributed by atoms with E-state index in [0.29, 0.717) is 23.1 Å². The maximum atomic E-state index is 12.0. The van der Waals surface area contributed by atoms with E-state index in [0.717, 1.165) is 12.0 Å². The molecule has 1 aliphatic rings. The van der Waals surface area contributed by atoms with Crippen molar-refractivity contribution < 1.29 is 9.53 Å². The van der Waals surface area contributed by atoms with E-state index in [2.05, 4.69) is 0 Å². The zero-order chi connectivity index (χ0) is 14.9. The van der Waals surface area contributed by atoms with Gasteiger partial charge in [0.15, 0.2) is 0 Å². The van der Waals surface area contributed by atoms with Crippen LogP contribution in [0.2, 0.25) is 10.0 Å². The van der Waals surface area contributed by atoms with Gasteiger partial charge in [0.2, 0.25) is 0 Å². The number of carbonyl (C=O) groups is 1. The van der Waals surface area contributed by atoms with Crippen LogP contribution >= 0.6 is 23.2 Å². The third-order valence-electron chi connectivity index (χ3n) is 3.04. The molecule has 1 aromatic rings. The molecular formula is C15H18Cl2NO2. The van der Waals surface area contributed by atoms with Crippen LogP contribution in [0.15, 0.2) is 18.2 Å². The molecule has 1 heterocycles. The molecule has 0 unspecified atom stereocenters. The predicted molar refractivity (Wildman–Crippen MR) is 81.2 cm³/mol. The summed E-state index contributed by atoms with van der Waals surface area (Å²) in [6, 6.07) is 5.56. The van der Waals surface area contributed by atoms with Crippen LogP contribution in [0.4, 0.5) is 4.79 Å². The standard InChI is InChI=1S/C15H18Cl2NO2/c1-15(2,3)20-14(19)18-7-6-11(9-18)10-4-5-12(16)13(17)8-10/h4-5,8H,6-7,9H2,1-3H3. The number of hydrogen-bond donors (Lipinski definition) is 0. The fraction of sp³-hybridized carbons (Fsp3) is 0.467. The normalized spacial score (nSPS) is 16.6. The quantitative estimate of drug-likeness (QED) is 0.760. The first kappa shape index (κ1) is 15.5. The zero-order valence-electron chi connectivity index (χ0n) is 11.9. The van der Waals surface area contributed by atoms with Gasteiger partial charge in [0.25, 0.3) is 0 Å². The number of hydrogen-bond acceptors (Lipinski definition) is 2. The maximum Gasteiger partial charge on any atom is 0.410 e. The molecule has 2 rings (SSSR count). The topological polar surface area (TPSA) is 29.5 Å². The second kappa shape index (κ2) is 5.82. The van der Waals surface area contributed by atoms with Gasteiger partial charge >= 0.3 is 6.09 Å². The van der Waals surface area contributed by atoms with Gasteiger partial charge in [-0.25, -0.2) is 4.79 Å². The van der Waals surface area contributed by atoms with Crippen molar-refractivity contribution in [2.75, 3.05) is 13.1 Å². The molecule has 1 aromatic carbocycles. The molecule has 0 bridgehead atoms. The monoisotopic (exact) mass is 314 g/mol. The number of rotatable bonds is 1. The van der Waals surface area contributed by atoms with Gasteiger partial charge in [0, 0.05) is 19.0 Å². The van der Waals surface area contributed by atoms with Gasteiger partial charge in [-0.1, -0.05) is 29.3 Å². The molecule has 1 amide bonds. The summed E-state index contributed by atoms with van der Waals surface area (Å²) in [5, 5.41) is 1.07. The second-order valence-electron chi connectivity index (χ2n) is 5.88. The van der Waals surface area contributed by atoms with Crippen LogP contribution in [0.5, 0.6) is 0 Å². The van der Waals surface area contributed by atoms with Gasteiger partial charge in [0.1, 0.15) is 5.60 Å². The van der Waals surface area contributed by atoms with Gasteiger partial charge in [0.05, 0.1) is 10.0 Å². The highest BCUT2D eigenvalue weighted by Gasteiger charge is 2.31. The molecule has 0 aromatic heterocycles. The van der Waals surface area contributed by atoms with E-state index in [1.54, 1.807) is 11.0 Å². The number of carbonyl (C=O) groups excluding carboxylic acids is 1. The lowest BCUT2D eigenvalue weighted by Crippen LogP contribution is -2.35. The largest absolute Gasteiger partial charge is 0.444 e. The fourth-order valence-electron chi connectivity index (χ4n) is 2.09. The minimum absolute atomic E-state index is 0.271. The Morgan fingerprint density at radius 2 is 1.95 bits per heavy atom. The number of halogens is 2. The lowest BCUT2D eigenvalue weighted by Gasteiger charge is -2.24. The maximum absolute atomic E-state index is 12.0. The minimum Gasteiger partial charge on any atom is -0.444 e. The van der Waals surface area contributed by atoms with E-state index in [4.69, 9.17) is 27.9 Å². The van der Waals surface area contributed by atoms with Gasteiger partial charge in [-0.15, -0.1) is 0 Å². The Balaban J connectivity index is 2.01. The summed E-state index contributed by atoms with van der Waals surface area (Å²) < 4.78 is 5.38. The van der Waals surface area contributed by atoms with Crippen LogP contribution in [0.1, 0.15) is 32.8 Å². The molecule has 0 saturated carbocycles. The summed E-state index contributed by atoms with van der Waals surface area (Å²) in [6.45, 7) is 6.84. The molecule has 1 saturated heterocycles. The predicted octanol–water partition coefficient (Wildman–Crippen LogP) is 4.56. The molecule has 109 valence electrons. The summed E-state index contributed by atoms with van der Waals surface area (Å²) in [7, 11) is 0. The van der Waals surface area contributed by atoms with Crippen LogP contribution in [0, 0.1) is 5.92 Å². The van der Waals surface area contributed by atoms with E-state index in [9.17, 15) is 4.79 Å². The summed E-state index contributed by atoms with van der Waals surface area (Å²) in [5.41, 5.74) is 0.564. The van der Waals surface area contributed by atoms with Crippen LogP contribution in [-0.2, 0) is 4.74 Å². The third-order valence-corrected chi connectivity index (χ3v) is 3.78. The number of likely N-dealkylation sites (tertiary alicyclic amines) is 1. The molecule has 0 aliphatic carbocycles. The Morgan fingerprint density at radius 3 is 2.55 bits per heavy atom. The van der Waals surface area contributed by atoms with Crippen LogP contribution in [-0.4, -0.2) is 29.7 Å². The van der Waals surface area contributed by atoms with Gasteiger partial charge < -0.3 is 9.64 Å². The van der Waals surface area contributed by atoms with Gasteiger partial charge in [-0.3, -0.25) is 0 Å². The average molecular weight is 315 g/mol. The SMILES string of the molecule is CC(C)(C)OC(=O)N1CC[C](c2ccc(Cl)c(Cl)c2)C1. The summed E-state index contributed by atoms with van der Waals surface area (Å²) in [5.74, 6) is 1.18. The van der Waals surface area contributed by atoms with Crippen molar-refractivity contribution in [1.29, 1.82) is 0 Å². The average Bonchev–Trinajstić information content (AvgIpc) is 2.80. The van der Waals surface area contributed by atoms with Crippen LogP contribution in [0.25, 0.3) is 0 Å². The Morgan fingerprint density at radius 1 is 1.25 bits per heavy atom. The first-order chi connectivity index (χ1) is 9.26. The molecule has 1 aliphatic heterocycles. The highest BCUT2D eigenvalue weighted by atomic mass is 35.5. The highest BCUT2D eigenvalue weighted by Crippen LogP contribution is 2.31. The van der Waals surface area contributed by atoms with E-state index >= 15 is 0 Å². The Labute approximate surface area is 129 Å². The fourth-order valence-corrected chi connectivity index (χ4v) is 2.39. The number of benzene rings is 1. The van der Waals surface area contributed by atoms with E-state index < -0.39 is 5.60 Å². The van der Waals surface area contributed by atoms with Gasteiger partial charge in [-0.2, -0.15) is 0 Å². The highest BCUT2D eigenvalue weighted by molar-refractivity contribution is 6.42. The van der Waals surface area contributed by atoms with Crippen molar-refractivity contribution in [3.63, 3.8) is 0 Å². The summed E-state index contributed by atoms with van der Waals surface area (Å²) >= 11 is 11.9. The van der Waals surface area contributed by atoms with Crippen molar-refractivity contribution in [3.05, 3.63) is 39.7 Å². The first-order valence-corrected chi connectivity index (χ1v) is 7.30. The van der Waals surface area contributed by atoms with Crippen molar-refractivity contribution >= 4 is 29.3 Å². The molecular weight excluding hydrogens is 297 g/mol. The minimum atomic E-state index is -0.469. The number of nitrogens with zero attached hydrogens (tertiary/aromatic N) is 1. The number of amides is 1. The molecule has 0 spiro atoms. The zero-order valence-corrected chi connectivity index (χ0v) is 13.4. The van der Waals surface area contributed by atoms with Crippen molar-refractivity contribution in [2.45, 2.75) is 32.8 Å². The third kappa shape index (κ3) is 3.80. The first-order valence-electron chi connectivity index (χ1n) is 6.54. The van der Waals surface area contributed by atoms with Gasteiger partial charge in [-0.05, 0) is 44.9 Å². The molecule has 1 radical (unpaired) electrons. The molecule has 20 heavy (non-hydrogen) atoms. The van der Waals surface area contributed by atoms with Crippen molar-refractivity contribution in [2.24, 2.45) is 0 Å². The van der Waals surface area contributed by atoms with Crippen molar-refractivity contribution in [3.8, 4) is 0 Å². The van der Waals surface area contributed by atoms with E-state index in [-0.39, 0.29) is 6.09 Å².